The van der Waals surface area contributed by atoms with Crippen LogP contribution >= 0.6 is 11.8 Å². The molecular formula is C13H24N2OS. The summed E-state index contributed by atoms with van der Waals surface area (Å²) in [5.41, 5.74) is 0. The summed E-state index contributed by atoms with van der Waals surface area (Å²) in [6, 6.07) is 0.364. The van der Waals surface area contributed by atoms with Crippen LogP contribution in [0.1, 0.15) is 38.5 Å². The van der Waals surface area contributed by atoms with Gasteiger partial charge in [0.15, 0.2) is 0 Å². The van der Waals surface area contributed by atoms with Crippen LogP contribution in [-0.2, 0) is 4.79 Å². The largest absolute Gasteiger partial charge is 0.352 e. The highest BCUT2D eigenvalue weighted by Crippen LogP contribution is 2.25. The molecule has 0 aliphatic carbocycles. The zero-order chi connectivity index (χ0) is 11.9. The van der Waals surface area contributed by atoms with Crippen molar-refractivity contribution in [2.75, 3.05) is 24.6 Å². The molecule has 2 N–H and O–H groups in total. The summed E-state index contributed by atoms with van der Waals surface area (Å²) in [7, 11) is 0. The van der Waals surface area contributed by atoms with Crippen LogP contribution in [0.15, 0.2) is 0 Å². The summed E-state index contributed by atoms with van der Waals surface area (Å²) in [4.78, 5) is 11.9. The Kier molecular flexibility index (Phi) is 5.65. The van der Waals surface area contributed by atoms with Crippen LogP contribution in [0.2, 0.25) is 0 Å². The van der Waals surface area contributed by atoms with Crippen molar-refractivity contribution in [1.82, 2.24) is 10.6 Å². The topological polar surface area (TPSA) is 41.1 Å². The number of carbonyl (C=O) groups excluding carboxylic acids is 1. The molecule has 2 saturated heterocycles. The van der Waals surface area contributed by atoms with Gasteiger partial charge in [-0.05, 0) is 49.7 Å². The van der Waals surface area contributed by atoms with Gasteiger partial charge in [0, 0.05) is 19.0 Å². The minimum absolute atomic E-state index is 0.274. The SMILES string of the molecule is O=C(CC1CCSCC1)NC1CCCCNC1. The zero-order valence-corrected chi connectivity index (χ0v) is 11.4. The van der Waals surface area contributed by atoms with Gasteiger partial charge in [-0.2, -0.15) is 11.8 Å². The molecule has 4 heteroatoms. The van der Waals surface area contributed by atoms with Crippen molar-refractivity contribution in [2.45, 2.75) is 44.6 Å². The predicted octanol–water partition coefficient (Wildman–Crippen LogP) is 1.78. The van der Waals surface area contributed by atoms with Crippen LogP contribution in [0, 0.1) is 5.92 Å². The van der Waals surface area contributed by atoms with Crippen molar-refractivity contribution in [3.8, 4) is 0 Å². The van der Waals surface area contributed by atoms with Crippen LogP contribution in [0.4, 0.5) is 0 Å². The van der Waals surface area contributed by atoms with Crippen LogP contribution in [0.3, 0.4) is 0 Å². The molecule has 2 aliphatic heterocycles. The van der Waals surface area contributed by atoms with Crippen LogP contribution in [0.25, 0.3) is 0 Å². The van der Waals surface area contributed by atoms with E-state index in [2.05, 4.69) is 10.6 Å². The Morgan fingerprint density at radius 1 is 1.24 bits per heavy atom. The standard InChI is InChI=1S/C13H24N2OS/c16-13(9-11-4-7-17-8-5-11)15-12-3-1-2-6-14-10-12/h11-12,14H,1-10H2,(H,15,16). The number of rotatable bonds is 3. The number of hydrogen-bond donors (Lipinski definition) is 2. The third-order valence-corrected chi connectivity index (χ3v) is 4.78. The van der Waals surface area contributed by atoms with Gasteiger partial charge < -0.3 is 10.6 Å². The van der Waals surface area contributed by atoms with Gasteiger partial charge in [0.25, 0.3) is 0 Å². The summed E-state index contributed by atoms with van der Waals surface area (Å²) >= 11 is 2.02. The third kappa shape index (κ3) is 4.88. The molecule has 2 aliphatic rings. The van der Waals surface area contributed by atoms with E-state index in [1.807, 2.05) is 11.8 Å². The first-order valence-electron chi connectivity index (χ1n) is 6.92. The Hall–Kier alpha value is -0.220. The summed E-state index contributed by atoms with van der Waals surface area (Å²) in [6.45, 7) is 2.05. The summed E-state index contributed by atoms with van der Waals surface area (Å²) in [6.07, 6.45) is 6.81. The molecule has 2 fully saturated rings. The van der Waals surface area contributed by atoms with E-state index in [4.69, 9.17) is 0 Å². The van der Waals surface area contributed by atoms with Crippen LogP contribution in [0.5, 0.6) is 0 Å². The lowest BCUT2D eigenvalue weighted by Crippen LogP contribution is -2.41. The molecule has 0 aromatic rings. The van der Waals surface area contributed by atoms with E-state index >= 15 is 0 Å². The van der Waals surface area contributed by atoms with Crippen molar-refractivity contribution >= 4 is 17.7 Å². The molecule has 17 heavy (non-hydrogen) atoms. The van der Waals surface area contributed by atoms with E-state index < -0.39 is 0 Å². The minimum atomic E-state index is 0.274. The number of nitrogens with one attached hydrogen (secondary N) is 2. The Morgan fingerprint density at radius 2 is 2.06 bits per heavy atom. The lowest BCUT2D eigenvalue weighted by Gasteiger charge is -2.22. The maximum Gasteiger partial charge on any atom is 0.220 e. The van der Waals surface area contributed by atoms with Crippen LogP contribution in [-0.4, -0.2) is 36.5 Å². The van der Waals surface area contributed by atoms with Crippen molar-refractivity contribution in [3.05, 3.63) is 0 Å². The maximum absolute atomic E-state index is 11.9. The Bertz CT molecular complexity index is 234. The highest BCUT2D eigenvalue weighted by molar-refractivity contribution is 7.99. The molecule has 3 nitrogen and oxygen atoms in total. The summed E-state index contributed by atoms with van der Waals surface area (Å²) in [5, 5.41) is 6.59. The highest BCUT2D eigenvalue weighted by Gasteiger charge is 2.19. The maximum atomic E-state index is 11.9. The van der Waals surface area contributed by atoms with Crippen molar-refractivity contribution < 1.29 is 4.79 Å². The number of amides is 1. The van der Waals surface area contributed by atoms with E-state index in [0.29, 0.717) is 12.0 Å². The molecule has 1 amide bonds. The monoisotopic (exact) mass is 256 g/mol. The normalized spacial score (nSPS) is 27.4. The molecule has 1 unspecified atom stereocenters. The molecule has 0 radical (unpaired) electrons. The van der Waals surface area contributed by atoms with Crippen LogP contribution < -0.4 is 10.6 Å². The van der Waals surface area contributed by atoms with Gasteiger partial charge in [0.05, 0.1) is 0 Å². The fraction of sp³-hybridized carbons (Fsp3) is 0.923. The molecule has 0 spiro atoms. The molecular weight excluding hydrogens is 232 g/mol. The first-order valence-corrected chi connectivity index (χ1v) is 8.08. The first-order chi connectivity index (χ1) is 8.34. The second kappa shape index (κ2) is 7.27. The Morgan fingerprint density at radius 3 is 2.88 bits per heavy atom. The molecule has 0 aromatic heterocycles. The first kappa shape index (κ1) is 13.2. The zero-order valence-electron chi connectivity index (χ0n) is 10.5. The van der Waals surface area contributed by atoms with Gasteiger partial charge in [-0.1, -0.05) is 6.42 Å². The number of carbonyl (C=O) groups is 1. The Balaban J connectivity index is 1.68. The predicted molar refractivity (Wildman–Crippen MR) is 73.3 cm³/mol. The summed E-state index contributed by atoms with van der Waals surface area (Å²) in [5.74, 6) is 3.39. The van der Waals surface area contributed by atoms with E-state index in [1.165, 1.54) is 37.2 Å². The fourth-order valence-corrected chi connectivity index (χ4v) is 3.85. The number of hydrogen-bond acceptors (Lipinski definition) is 3. The highest BCUT2D eigenvalue weighted by atomic mass is 32.2. The number of thioether (sulfide) groups is 1. The second-order valence-corrected chi connectivity index (χ2v) is 6.45. The van der Waals surface area contributed by atoms with Crippen molar-refractivity contribution in [1.29, 1.82) is 0 Å². The molecule has 98 valence electrons. The van der Waals surface area contributed by atoms with Gasteiger partial charge in [-0.15, -0.1) is 0 Å². The lowest BCUT2D eigenvalue weighted by atomic mass is 9.98. The van der Waals surface area contributed by atoms with Gasteiger partial charge in [-0.25, -0.2) is 0 Å². The van der Waals surface area contributed by atoms with E-state index in [1.54, 1.807) is 0 Å². The molecule has 2 heterocycles. The van der Waals surface area contributed by atoms with Gasteiger partial charge in [0.2, 0.25) is 5.91 Å². The molecule has 1 atom stereocenters. The van der Waals surface area contributed by atoms with Gasteiger partial charge in [-0.3, -0.25) is 4.79 Å². The lowest BCUT2D eigenvalue weighted by molar-refractivity contribution is -0.122. The molecule has 2 rings (SSSR count). The smallest absolute Gasteiger partial charge is 0.220 e. The third-order valence-electron chi connectivity index (χ3n) is 3.73. The van der Waals surface area contributed by atoms with E-state index in [-0.39, 0.29) is 5.91 Å². The second-order valence-electron chi connectivity index (χ2n) is 5.22. The average molecular weight is 256 g/mol. The van der Waals surface area contributed by atoms with Gasteiger partial charge in [0.1, 0.15) is 0 Å². The van der Waals surface area contributed by atoms with E-state index in [9.17, 15) is 4.79 Å². The fourth-order valence-electron chi connectivity index (χ4n) is 2.64. The minimum Gasteiger partial charge on any atom is -0.352 e. The molecule has 0 aromatic carbocycles. The quantitative estimate of drug-likeness (QED) is 0.809. The Labute approximate surface area is 108 Å². The molecule has 0 saturated carbocycles. The summed E-state index contributed by atoms with van der Waals surface area (Å²) < 4.78 is 0. The molecule has 0 bridgehead atoms. The van der Waals surface area contributed by atoms with E-state index in [0.717, 1.165) is 25.9 Å². The van der Waals surface area contributed by atoms with Crippen molar-refractivity contribution in [3.63, 3.8) is 0 Å². The average Bonchev–Trinajstić information content (AvgIpc) is 2.59. The van der Waals surface area contributed by atoms with Crippen molar-refractivity contribution in [2.24, 2.45) is 5.92 Å². The van der Waals surface area contributed by atoms with Gasteiger partial charge >= 0.3 is 0 Å².